The fourth-order valence-electron chi connectivity index (χ4n) is 9.05. The molecule has 9 aromatic carbocycles. The normalized spacial score (nSPS) is 12.0. The van der Waals surface area contributed by atoms with Gasteiger partial charge in [0.05, 0.1) is 22.1 Å². The van der Waals surface area contributed by atoms with Crippen LogP contribution in [0.1, 0.15) is 0 Å². The van der Waals surface area contributed by atoms with Crippen LogP contribution >= 0.6 is 11.3 Å². The first-order chi connectivity index (χ1) is 27.3. The summed E-state index contributed by atoms with van der Waals surface area (Å²) in [7, 11) is 0. The highest BCUT2D eigenvalue weighted by Crippen LogP contribution is 2.48. The summed E-state index contributed by atoms with van der Waals surface area (Å²) in [6.07, 6.45) is 0. The first-order valence-corrected chi connectivity index (χ1v) is 19.7. The molecule has 0 unspecified atom stereocenters. The summed E-state index contributed by atoms with van der Waals surface area (Å²) in [5.41, 5.74) is 12.1. The molecule has 0 aliphatic heterocycles. The van der Waals surface area contributed by atoms with E-state index < -0.39 is 0 Å². The van der Waals surface area contributed by atoms with E-state index in [4.69, 9.17) is 0 Å². The van der Waals surface area contributed by atoms with Gasteiger partial charge in [0.1, 0.15) is 0 Å². The van der Waals surface area contributed by atoms with Crippen LogP contribution in [0, 0.1) is 0 Å². The zero-order chi connectivity index (χ0) is 36.0. The van der Waals surface area contributed by atoms with Crippen LogP contribution in [0.3, 0.4) is 0 Å². The van der Waals surface area contributed by atoms with Crippen molar-refractivity contribution in [1.29, 1.82) is 0 Å². The van der Waals surface area contributed by atoms with Gasteiger partial charge in [0.15, 0.2) is 0 Å². The first-order valence-electron chi connectivity index (χ1n) is 18.8. The molecule has 0 N–H and O–H groups in total. The highest BCUT2D eigenvalue weighted by molar-refractivity contribution is 7.26. The lowest BCUT2D eigenvalue weighted by atomic mass is 9.96. The van der Waals surface area contributed by atoms with E-state index in [0.29, 0.717) is 0 Å². The van der Waals surface area contributed by atoms with Gasteiger partial charge in [-0.05, 0) is 93.7 Å². The van der Waals surface area contributed by atoms with Gasteiger partial charge in [-0.25, -0.2) is 0 Å². The number of hydrogen-bond donors (Lipinski definition) is 0. The molecule has 0 radical (unpaired) electrons. The molecule has 0 fully saturated rings. The van der Waals surface area contributed by atoms with Crippen LogP contribution in [0.2, 0.25) is 0 Å². The third-order valence-corrected chi connectivity index (χ3v) is 12.6. The van der Waals surface area contributed by atoms with E-state index in [1.807, 2.05) is 11.3 Å². The number of rotatable bonds is 4. The van der Waals surface area contributed by atoms with E-state index in [2.05, 4.69) is 203 Å². The zero-order valence-electron chi connectivity index (χ0n) is 29.8. The summed E-state index contributed by atoms with van der Waals surface area (Å²) in [4.78, 5) is 0. The van der Waals surface area contributed by atoms with Crippen molar-refractivity contribution >= 4 is 85.9 Å². The third kappa shape index (κ3) is 4.54. The van der Waals surface area contributed by atoms with Gasteiger partial charge in [-0.1, -0.05) is 133 Å². The molecular formula is C52H32N2S. The van der Waals surface area contributed by atoms with Crippen molar-refractivity contribution in [2.45, 2.75) is 0 Å². The summed E-state index contributed by atoms with van der Waals surface area (Å²) in [5.74, 6) is 0. The SMILES string of the molecule is c1ccc(-c2cccc(-n3c4ccccc4c4c(-c5ccc6c(c5)c5ccccc5n6-c5ccc6ccccc6c5)cc5sc6ccccc6c5c43)c2)cc1. The van der Waals surface area contributed by atoms with E-state index in [9.17, 15) is 0 Å². The van der Waals surface area contributed by atoms with E-state index in [0.717, 1.165) is 5.69 Å². The Balaban J connectivity index is 1.18. The van der Waals surface area contributed by atoms with Gasteiger partial charge in [0.25, 0.3) is 0 Å². The van der Waals surface area contributed by atoms with Gasteiger partial charge in [-0.15, -0.1) is 11.3 Å². The zero-order valence-corrected chi connectivity index (χ0v) is 30.6. The van der Waals surface area contributed by atoms with Crippen molar-refractivity contribution in [2.75, 3.05) is 0 Å². The Kier molecular flexibility index (Phi) is 6.54. The van der Waals surface area contributed by atoms with Crippen molar-refractivity contribution in [3.05, 3.63) is 194 Å². The fraction of sp³-hybridized carbons (Fsp3) is 0. The quantitative estimate of drug-likeness (QED) is 0.172. The molecule has 3 aromatic heterocycles. The number of fused-ring (bicyclic) bond motifs is 11. The summed E-state index contributed by atoms with van der Waals surface area (Å²) in [6, 6.07) is 71.4. The minimum Gasteiger partial charge on any atom is -0.309 e. The number of para-hydroxylation sites is 2. The van der Waals surface area contributed by atoms with Crippen molar-refractivity contribution < 1.29 is 0 Å². The van der Waals surface area contributed by atoms with Crippen LogP contribution in [0.15, 0.2) is 194 Å². The largest absolute Gasteiger partial charge is 0.309 e. The van der Waals surface area contributed by atoms with Crippen LogP contribution in [0.25, 0.3) is 108 Å². The molecule has 0 spiro atoms. The molecule has 55 heavy (non-hydrogen) atoms. The smallest absolute Gasteiger partial charge is 0.0640 e. The second kappa shape index (κ2) is 11.8. The topological polar surface area (TPSA) is 9.86 Å². The molecule has 12 aromatic rings. The maximum atomic E-state index is 2.52. The molecule has 3 heteroatoms. The van der Waals surface area contributed by atoms with Crippen molar-refractivity contribution in [1.82, 2.24) is 9.13 Å². The van der Waals surface area contributed by atoms with Crippen molar-refractivity contribution in [3.63, 3.8) is 0 Å². The van der Waals surface area contributed by atoms with E-state index in [-0.39, 0.29) is 0 Å². The number of benzene rings is 9. The van der Waals surface area contributed by atoms with Crippen LogP contribution in [-0.2, 0) is 0 Å². The van der Waals surface area contributed by atoms with Crippen LogP contribution < -0.4 is 0 Å². The highest BCUT2D eigenvalue weighted by Gasteiger charge is 2.23. The molecule has 256 valence electrons. The molecule has 0 saturated heterocycles. The summed E-state index contributed by atoms with van der Waals surface area (Å²) in [5, 5.41) is 10.2. The Morgan fingerprint density at radius 2 is 1.00 bits per heavy atom. The van der Waals surface area contributed by atoms with Crippen LogP contribution in [0.4, 0.5) is 0 Å². The van der Waals surface area contributed by atoms with Gasteiger partial charge in [0, 0.05) is 53.1 Å². The summed E-state index contributed by atoms with van der Waals surface area (Å²) in [6.45, 7) is 0. The monoisotopic (exact) mass is 716 g/mol. The molecule has 12 rings (SSSR count). The maximum Gasteiger partial charge on any atom is 0.0640 e. The minimum absolute atomic E-state index is 1.16. The highest BCUT2D eigenvalue weighted by atomic mass is 32.1. The number of hydrogen-bond acceptors (Lipinski definition) is 1. The predicted molar refractivity (Wildman–Crippen MR) is 236 cm³/mol. The second-order valence-corrected chi connectivity index (χ2v) is 15.6. The molecule has 0 aliphatic rings. The average molecular weight is 717 g/mol. The van der Waals surface area contributed by atoms with E-state index >= 15 is 0 Å². The second-order valence-electron chi connectivity index (χ2n) is 14.5. The van der Waals surface area contributed by atoms with Crippen LogP contribution in [0.5, 0.6) is 0 Å². The Morgan fingerprint density at radius 1 is 0.327 bits per heavy atom. The summed E-state index contributed by atoms with van der Waals surface area (Å²) >= 11 is 1.89. The number of nitrogens with zero attached hydrogens (tertiary/aromatic N) is 2. The fourth-order valence-corrected chi connectivity index (χ4v) is 10.2. The minimum atomic E-state index is 1.16. The summed E-state index contributed by atoms with van der Waals surface area (Å²) < 4.78 is 7.55. The molecule has 0 amide bonds. The van der Waals surface area contributed by atoms with Gasteiger partial charge >= 0.3 is 0 Å². The van der Waals surface area contributed by atoms with Gasteiger partial charge in [-0.3, -0.25) is 0 Å². The molecule has 0 bridgehead atoms. The molecule has 2 nitrogen and oxygen atoms in total. The first kappa shape index (κ1) is 30.5. The molecule has 0 aliphatic carbocycles. The van der Waals surface area contributed by atoms with Gasteiger partial charge in [0.2, 0.25) is 0 Å². The Bertz CT molecular complexity index is 3490. The molecule has 3 heterocycles. The van der Waals surface area contributed by atoms with E-state index in [1.54, 1.807) is 0 Å². The number of thiophene rings is 1. The molecule has 0 saturated carbocycles. The third-order valence-electron chi connectivity index (χ3n) is 11.5. The Hall–Kier alpha value is -6.94. The standard InChI is InChI=1S/C52H32N2S/c1-2-13-33(14-3-1)36-17-12-18-38(29-36)54-46-23-10-7-20-41(46)50-43(32-49-51(52(50)54)42-21-8-11-24-48(42)55-49)37-26-28-47-44(31-37)40-19-6-9-22-45(40)53(47)39-27-25-34-15-4-5-16-35(34)30-39/h1-32H. The maximum absolute atomic E-state index is 2.52. The van der Waals surface area contributed by atoms with Crippen LogP contribution in [-0.4, -0.2) is 9.13 Å². The lowest BCUT2D eigenvalue weighted by molar-refractivity contribution is 1.19. The lowest BCUT2D eigenvalue weighted by Crippen LogP contribution is -1.95. The molecular weight excluding hydrogens is 685 g/mol. The van der Waals surface area contributed by atoms with Crippen molar-refractivity contribution in [3.8, 4) is 33.6 Å². The van der Waals surface area contributed by atoms with Gasteiger partial charge in [-0.2, -0.15) is 0 Å². The van der Waals surface area contributed by atoms with E-state index in [1.165, 1.54) is 102 Å². The average Bonchev–Trinajstić information content (AvgIpc) is 3.91. The lowest BCUT2D eigenvalue weighted by Gasteiger charge is -2.13. The number of aromatic nitrogens is 2. The predicted octanol–water partition coefficient (Wildman–Crippen LogP) is 14.7. The Labute approximate surface area is 321 Å². The van der Waals surface area contributed by atoms with Crippen molar-refractivity contribution in [2.24, 2.45) is 0 Å². The Morgan fingerprint density at radius 3 is 1.87 bits per heavy atom. The molecule has 0 atom stereocenters. The van der Waals surface area contributed by atoms with Gasteiger partial charge < -0.3 is 9.13 Å².